The molecule has 0 spiro atoms. The summed E-state index contributed by atoms with van der Waals surface area (Å²) in [4.78, 5) is 20.6. The van der Waals surface area contributed by atoms with Crippen molar-refractivity contribution in [3.05, 3.63) is 54.4 Å². The number of likely N-dealkylation sites (N-methyl/N-ethyl adjacent to an activating group) is 1. The highest BCUT2D eigenvalue weighted by atomic mass is 16.2. The van der Waals surface area contributed by atoms with E-state index in [1.165, 1.54) is 24.1 Å². The molecule has 1 amide bonds. The first-order valence-electron chi connectivity index (χ1n) is 10.3. The quantitative estimate of drug-likeness (QED) is 0.756. The molecule has 1 aliphatic rings. The van der Waals surface area contributed by atoms with Crippen LogP contribution in [0.2, 0.25) is 0 Å². The summed E-state index contributed by atoms with van der Waals surface area (Å²) in [6.07, 6.45) is 7.48. The Kier molecular flexibility index (Phi) is 7.29. The van der Waals surface area contributed by atoms with E-state index in [0.29, 0.717) is 13.0 Å². The molecule has 0 aliphatic carbocycles. The van der Waals surface area contributed by atoms with Crippen molar-refractivity contribution in [2.24, 2.45) is 5.92 Å². The largest absolute Gasteiger partial charge is 0.385 e. The summed E-state index contributed by atoms with van der Waals surface area (Å²) in [6, 6.07) is 12.6. The minimum atomic E-state index is 0.167. The standard InChI is InChI=1S/C23H32N4O/c1-19-10-17-27(18-11-19)22-5-3-21(4-6-22)25-15-9-23(28)26(2)16-12-20-7-13-24-14-8-20/h3-8,13-14,19,25H,9-12,15-18H2,1-2H3. The zero-order valence-electron chi connectivity index (χ0n) is 17.1. The van der Waals surface area contributed by atoms with E-state index in [1.807, 2.05) is 24.1 Å². The van der Waals surface area contributed by atoms with Crippen LogP contribution in [0, 0.1) is 5.92 Å². The fourth-order valence-electron chi connectivity index (χ4n) is 3.53. The van der Waals surface area contributed by atoms with E-state index in [4.69, 9.17) is 0 Å². The summed E-state index contributed by atoms with van der Waals surface area (Å²) in [5.41, 5.74) is 3.57. The fraction of sp³-hybridized carbons (Fsp3) is 0.478. The van der Waals surface area contributed by atoms with Gasteiger partial charge in [-0.15, -0.1) is 0 Å². The van der Waals surface area contributed by atoms with Gasteiger partial charge in [0.1, 0.15) is 0 Å². The Hall–Kier alpha value is -2.56. The molecule has 150 valence electrons. The number of nitrogens with zero attached hydrogens (tertiary/aromatic N) is 3. The molecule has 3 rings (SSSR count). The third kappa shape index (κ3) is 5.98. The summed E-state index contributed by atoms with van der Waals surface area (Å²) in [5.74, 6) is 1.01. The van der Waals surface area contributed by atoms with Gasteiger partial charge in [-0.1, -0.05) is 6.92 Å². The van der Waals surface area contributed by atoms with Gasteiger partial charge in [0.15, 0.2) is 0 Å². The zero-order chi connectivity index (χ0) is 19.8. The Labute approximate surface area is 168 Å². The molecule has 2 aromatic rings. The van der Waals surface area contributed by atoms with Crippen molar-refractivity contribution < 1.29 is 4.79 Å². The number of nitrogens with one attached hydrogen (secondary N) is 1. The Morgan fingerprint density at radius 1 is 1.14 bits per heavy atom. The van der Waals surface area contributed by atoms with E-state index in [0.717, 1.165) is 37.7 Å². The number of benzene rings is 1. The zero-order valence-corrected chi connectivity index (χ0v) is 17.1. The Balaban J connectivity index is 1.37. The van der Waals surface area contributed by atoms with Crippen molar-refractivity contribution in [2.75, 3.05) is 43.4 Å². The minimum absolute atomic E-state index is 0.167. The molecule has 1 N–H and O–H groups in total. The molecule has 5 heteroatoms. The summed E-state index contributed by atoms with van der Waals surface area (Å²) in [7, 11) is 1.87. The van der Waals surface area contributed by atoms with Crippen LogP contribution in [-0.2, 0) is 11.2 Å². The van der Waals surface area contributed by atoms with Gasteiger partial charge >= 0.3 is 0 Å². The molecule has 1 aromatic carbocycles. The Morgan fingerprint density at radius 2 is 1.82 bits per heavy atom. The van der Waals surface area contributed by atoms with E-state index in [9.17, 15) is 4.79 Å². The lowest BCUT2D eigenvalue weighted by molar-refractivity contribution is -0.129. The van der Waals surface area contributed by atoms with Crippen molar-refractivity contribution in [3.8, 4) is 0 Å². The molecule has 1 saturated heterocycles. The van der Waals surface area contributed by atoms with Gasteiger partial charge in [0, 0.05) is 63.4 Å². The minimum Gasteiger partial charge on any atom is -0.385 e. The second-order valence-electron chi connectivity index (χ2n) is 7.81. The van der Waals surface area contributed by atoms with E-state index < -0.39 is 0 Å². The average molecular weight is 381 g/mol. The second-order valence-corrected chi connectivity index (χ2v) is 7.81. The van der Waals surface area contributed by atoms with E-state index in [2.05, 4.69) is 46.4 Å². The van der Waals surface area contributed by atoms with E-state index in [1.54, 1.807) is 12.4 Å². The lowest BCUT2D eigenvalue weighted by Crippen LogP contribution is -2.32. The molecule has 1 fully saturated rings. The van der Waals surface area contributed by atoms with Crippen LogP contribution >= 0.6 is 0 Å². The number of carbonyl (C=O) groups excluding carboxylic acids is 1. The molecule has 28 heavy (non-hydrogen) atoms. The first-order valence-corrected chi connectivity index (χ1v) is 10.3. The molecule has 1 aromatic heterocycles. The number of hydrogen-bond acceptors (Lipinski definition) is 4. The topological polar surface area (TPSA) is 48.5 Å². The average Bonchev–Trinajstić information content (AvgIpc) is 2.74. The van der Waals surface area contributed by atoms with Gasteiger partial charge in [-0.3, -0.25) is 9.78 Å². The van der Waals surface area contributed by atoms with Crippen LogP contribution in [0.3, 0.4) is 0 Å². The molecule has 1 aliphatic heterocycles. The van der Waals surface area contributed by atoms with Gasteiger partial charge < -0.3 is 15.1 Å². The fourth-order valence-corrected chi connectivity index (χ4v) is 3.53. The summed E-state index contributed by atoms with van der Waals surface area (Å²) in [6.45, 7) is 6.01. The number of amides is 1. The van der Waals surface area contributed by atoms with Gasteiger partial charge in [0.05, 0.1) is 0 Å². The molecular formula is C23H32N4O. The second kappa shape index (κ2) is 10.1. The molecule has 0 saturated carbocycles. The maximum Gasteiger partial charge on any atom is 0.224 e. The molecule has 0 atom stereocenters. The number of aromatic nitrogens is 1. The lowest BCUT2D eigenvalue weighted by Gasteiger charge is -2.32. The summed E-state index contributed by atoms with van der Waals surface area (Å²) >= 11 is 0. The van der Waals surface area contributed by atoms with Gasteiger partial charge in [-0.2, -0.15) is 0 Å². The van der Waals surface area contributed by atoms with Gasteiger partial charge in [0.25, 0.3) is 0 Å². The van der Waals surface area contributed by atoms with Crippen LogP contribution in [0.5, 0.6) is 0 Å². The SMILES string of the molecule is CC1CCN(c2ccc(NCCC(=O)N(C)CCc3ccncc3)cc2)CC1. The first-order chi connectivity index (χ1) is 13.6. The summed E-state index contributed by atoms with van der Waals surface area (Å²) < 4.78 is 0. The molecular weight excluding hydrogens is 348 g/mol. The van der Waals surface area contributed by atoms with Crippen LogP contribution in [-0.4, -0.2) is 49.0 Å². The Morgan fingerprint density at radius 3 is 2.50 bits per heavy atom. The van der Waals surface area contributed by atoms with Crippen LogP contribution in [0.25, 0.3) is 0 Å². The van der Waals surface area contributed by atoms with Gasteiger partial charge in [-0.25, -0.2) is 0 Å². The number of pyridine rings is 1. The lowest BCUT2D eigenvalue weighted by atomic mass is 9.99. The van der Waals surface area contributed by atoms with Crippen molar-refractivity contribution in [3.63, 3.8) is 0 Å². The third-order valence-corrected chi connectivity index (χ3v) is 5.60. The predicted molar refractivity (Wildman–Crippen MR) is 116 cm³/mol. The number of anilines is 2. The normalized spacial score (nSPS) is 14.7. The van der Waals surface area contributed by atoms with Gasteiger partial charge in [-0.05, 0) is 67.1 Å². The van der Waals surface area contributed by atoms with Crippen molar-refractivity contribution in [1.82, 2.24) is 9.88 Å². The van der Waals surface area contributed by atoms with E-state index in [-0.39, 0.29) is 5.91 Å². The number of piperidine rings is 1. The highest BCUT2D eigenvalue weighted by Crippen LogP contribution is 2.24. The molecule has 0 unspecified atom stereocenters. The van der Waals surface area contributed by atoms with Crippen LogP contribution in [0.1, 0.15) is 31.7 Å². The maximum atomic E-state index is 12.3. The van der Waals surface area contributed by atoms with Crippen LogP contribution in [0.15, 0.2) is 48.8 Å². The van der Waals surface area contributed by atoms with Crippen LogP contribution < -0.4 is 10.2 Å². The predicted octanol–water partition coefficient (Wildman–Crippen LogP) is 3.82. The highest BCUT2D eigenvalue weighted by Gasteiger charge is 2.15. The number of carbonyl (C=O) groups is 1. The molecule has 0 radical (unpaired) electrons. The van der Waals surface area contributed by atoms with Gasteiger partial charge in [0.2, 0.25) is 5.91 Å². The maximum absolute atomic E-state index is 12.3. The summed E-state index contributed by atoms with van der Waals surface area (Å²) in [5, 5.41) is 3.37. The highest BCUT2D eigenvalue weighted by molar-refractivity contribution is 5.76. The van der Waals surface area contributed by atoms with E-state index >= 15 is 0 Å². The van der Waals surface area contributed by atoms with Crippen molar-refractivity contribution in [1.29, 1.82) is 0 Å². The number of hydrogen-bond donors (Lipinski definition) is 1. The monoisotopic (exact) mass is 380 g/mol. The third-order valence-electron chi connectivity index (χ3n) is 5.60. The molecule has 2 heterocycles. The van der Waals surface area contributed by atoms with Crippen LogP contribution in [0.4, 0.5) is 11.4 Å². The smallest absolute Gasteiger partial charge is 0.224 e. The van der Waals surface area contributed by atoms with Crippen molar-refractivity contribution >= 4 is 17.3 Å². The number of rotatable bonds is 8. The Bertz CT molecular complexity index is 724. The molecule has 0 bridgehead atoms. The first kappa shape index (κ1) is 20.2. The van der Waals surface area contributed by atoms with Crippen molar-refractivity contribution in [2.45, 2.75) is 32.6 Å². The molecule has 5 nitrogen and oxygen atoms in total.